The van der Waals surface area contributed by atoms with E-state index in [9.17, 15) is 9.59 Å². The van der Waals surface area contributed by atoms with E-state index in [0.717, 1.165) is 45.1 Å². The summed E-state index contributed by atoms with van der Waals surface area (Å²) in [6.07, 6.45) is 10.4. The zero-order valence-corrected chi connectivity index (χ0v) is 11.8. The van der Waals surface area contributed by atoms with Crippen molar-refractivity contribution in [2.24, 2.45) is 5.92 Å². The minimum atomic E-state index is 0.124. The van der Waals surface area contributed by atoms with Gasteiger partial charge in [-0.25, -0.2) is 0 Å². The average molecular weight is 266 g/mol. The van der Waals surface area contributed by atoms with E-state index in [1.54, 1.807) is 0 Å². The van der Waals surface area contributed by atoms with E-state index in [1.807, 2.05) is 0 Å². The number of nitrogens with zero attached hydrogens (tertiary/aromatic N) is 1. The Hall–Kier alpha value is -0.900. The maximum atomic E-state index is 12.0. The average Bonchev–Trinajstić information content (AvgIpc) is 2.67. The molecule has 1 aliphatic heterocycles. The summed E-state index contributed by atoms with van der Waals surface area (Å²) in [4.78, 5) is 25.0. The van der Waals surface area contributed by atoms with Gasteiger partial charge in [0.25, 0.3) is 0 Å². The molecule has 108 valence electrons. The van der Waals surface area contributed by atoms with Gasteiger partial charge in [-0.15, -0.1) is 0 Å². The van der Waals surface area contributed by atoms with Gasteiger partial charge in [0, 0.05) is 18.5 Å². The summed E-state index contributed by atoms with van der Waals surface area (Å²) in [5, 5.41) is 3.17. The third-order valence-corrected chi connectivity index (χ3v) is 4.32. The molecule has 1 unspecified atom stereocenters. The number of likely N-dealkylation sites (tertiary alicyclic amines) is 1. The Bertz CT molecular complexity index is 299. The number of amides is 1. The Labute approximate surface area is 115 Å². The van der Waals surface area contributed by atoms with Gasteiger partial charge in [0.1, 0.15) is 6.29 Å². The summed E-state index contributed by atoms with van der Waals surface area (Å²) in [6, 6.07) is 0.377. The molecular formula is C15H26N2O2. The maximum Gasteiger partial charge on any atom is 0.234 e. The lowest BCUT2D eigenvalue weighted by molar-refractivity contribution is -0.124. The molecule has 1 atom stereocenters. The van der Waals surface area contributed by atoms with Crippen molar-refractivity contribution in [3.63, 3.8) is 0 Å². The topological polar surface area (TPSA) is 49.4 Å². The number of hydrogen-bond acceptors (Lipinski definition) is 3. The van der Waals surface area contributed by atoms with Crippen molar-refractivity contribution >= 4 is 12.2 Å². The predicted octanol–water partition coefficient (Wildman–Crippen LogP) is 1.74. The summed E-state index contributed by atoms with van der Waals surface area (Å²) in [6.45, 7) is 2.16. The molecular weight excluding hydrogens is 240 g/mol. The number of nitrogens with one attached hydrogen (secondary N) is 1. The van der Waals surface area contributed by atoms with Crippen LogP contribution in [0.5, 0.6) is 0 Å². The quantitative estimate of drug-likeness (QED) is 0.623. The lowest BCUT2D eigenvalue weighted by Gasteiger charge is -2.30. The third kappa shape index (κ3) is 4.94. The zero-order valence-electron chi connectivity index (χ0n) is 11.8. The Morgan fingerprint density at radius 2 is 1.84 bits per heavy atom. The smallest absolute Gasteiger partial charge is 0.234 e. The highest BCUT2D eigenvalue weighted by Gasteiger charge is 2.22. The molecule has 2 rings (SSSR count). The van der Waals surface area contributed by atoms with Crippen LogP contribution in [0.1, 0.15) is 51.4 Å². The normalized spacial score (nSPS) is 26.6. The highest BCUT2D eigenvalue weighted by Crippen LogP contribution is 2.17. The second-order valence-corrected chi connectivity index (χ2v) is 6.03. The molecule has 2 fully saturated rings. The first kappa shape index (κ1) is 14.5. The van der Waals surface area contributed by atoms with E-state index in [4.69, 9.17) is 0 Å². The molecule has 1 saturated heterocycles. The van der Waals surface area contributed by atoms with Crippen LogP contribution in [0.25, 0.3) is 0 Å². The third-order valence-electron chi connectivity index (χ3n) is 4.32. The molecule has 1 heterocycles. The fourth-order valence-corrected chi connectivity index (χ4v) is 3.25. The van der Waals surface area contributed by atoms with Gasteiger partial charge in [-0.05, 0) is 32.2 Å². The van der Waals surface area contributed by atoms with Crippen molar-refractivity contribution in [1.82, 2.24) is 10.2 Å². The first-order valence-electron chi connectivity index (χ1n) is 7.75. The fraction of sp³-hybridized carbons (Fsp3) is 0.867. The number of carbonyl (C=O) groups is 2. The summed E-state index contributed by atoms with van der Waals surface area (Å²) in [5.74, 6) is 0.262. The summed E-state index contributed by atoms with van der Waals surface area (Å²) >= 11 is 0. The van der Waals surface area contributed by atoms with Gasteiger partial charge in [-0.2, -0.15) is 0 Å². The molecule has 2 aliphatic rings. The Morgan fingerprint density at radius 1 is 1.11 bits per heavy atom. The van der Waals surface area contributed by atoms with Crippen molar-refractivity contribution in [3.8, 4) is 0 Å². The molecule has 1 amide bonds. The van der Waals surface area contributed by atoms with Gasteiger partial charge >= 0.3 is 0 Å². The SMILES string of the molecule is O=CC1CCCN(CC(=O)NC2CCCCCC2)C1. The molecule has 4 heteroatoms. The molecule has 0 aromatic carbocycles. The molecule has 1 N–H and O–H groups in total. The number of aldehydes is 1. The van der Waals surface area contributed by atoms with E-state index in [-0.39, 0.29) is 11.8 Å². The molecule has 1 aliphatic carbocycles. The van der Waals surface area contributed by atoms with Gasteiger partial charge in [0.15, 0.2) is 0 Å². The van der Waals surface area contributed by atoms with Crippen LogP contribution in [-0.4, -0.2) is 42.8 Å². The van der Waals surface area contributed by atoms with Crippen molar-refractivity contribution in [2.75, 3.05) is 19.6 Å². The molecule has 0 radical (unpaired) electrons. The van der Waals surface area contributed by atoms with E-state index >= 15 is 0 Å². The van der Waals surface area contributed by atoms with E-state index in [2.05, 4.69) is 10.2 Å². The van der Waals surface area contributed by atoms with Crippen molar-refractivity contribution in [3.05, 3.63) is 0 Å². The van der Waals surface area contributed by atoms with Crippen molar-refractivity contribution in [2.45, 2.75) is 57.4 Å². The van der Waals surface area contributed by atoms with Crippen LogP contribution in [-0.2, 0) is 9.59 Å². The largest absolute Gasteiger partial charge is 0.352 e. The highest BCUT2D eigenvalue weighted by molar-refractivity contribution is 5.78. The molecule has 0 aromatic rings. The standard InChI is InChI=1S/C15H26N2O2/c18-12-13-6-5-9-17(10-13)11-15(19)16-14-7-3-1-2-4-8-14/h12-14H,1-11H2,(H,16,19). The molecule has 4 nitrogen and oxygen atoms in total. The Balaban J connectivity index is 1.72. The van der Waals surface area contributed by atoms with E-state index < -0.39 is 0 Å². The molecule has 1 saturated carbocycles. The molecule has 0 bridgehead atoms. The van der Waals surface area contributed by atoms with Crippen LogP contribution in [0.3, 0.4) is 0 Å². The van der Waals surface area contributed by atoms with Crippen LogP contribution in [0, 0.1) is 5.92 Å². The number of piperidine rings is 1. The van der Waals surface area contributed by atoms with Gasteiger partial charge < -0.3 is 10.1 Å². The second kappa shape index (κ2) is 7.63. The molecule has 0 aromatic heterocycles. The predicted molar refractivity (Wildman–Crippen MR) is 74.9 cm³/mol. The van der Waals surface area contributed by atoms with Gasteiger partial charge in [-0.1, -0.05) is 25.7 Å². The molecule has 19 heavy (non-hydrogen) atoms. The van der Waals surface area contributed by atoms with Gasteiger partial charge in [0.05, 0.1) is 6.54 Å². The van der Waals surface area contributed by atoms with Crippen LogP contribution < -0.4 is 5.32 Å². The minimum Gasteiger partial charge on any atom is -0.352 e. The Kier molecular flexibility index (Phi) is 5.83. The van der Waals surface area contributed by atoms with E-state index in [0.29, 0.717) is 12.6 Å². The first-order valence-corrected chi connectivity index (χ1v) is 7.75. The van der Waals surface area contributed by atoms with Crippen molar-refractivity contribution in [1.29, 1.82) is 0 Å². The molecule has 0 spiro atoms. The summed E-state index contributed by atoms with van der Waals surface area (Å²) in [7, 11) is 0. The second-order valence-electron chi connectivity index (χ2n) is 6.03. The van der Waals surface area contributed by atoms with Gasteiger partial charge in [-0.3, -0.25) is 9.69 Å². The van der Waals surface area contributed by atoms with Crippen molar-refractivity contribution < 1.29 is 9.59 Å². The summed E-state index contributed by atoms with van der Waals surface area (Å²) in [5.41, 5.74) is 0. The lowest BCUT2D eigenvalue weighted by Crippen LogP contribution is -2.45. The summed E-state index contributed by atoms with van der Waals surface area (Å²) < 4.78 is 0. The highest BCUT2D eigenvalue weighted by atomic mass is 16.2. The number of carbonyl (C=O) groups excluding carboxylic acids is 2. The van der Waals surface area contributed by atoms with Crippen LogP contribution in [0.15, 0.2) is 0 Å². The van der Waals surface area contributed by atoms with Crippen LogP contribution in [0.2, 0.25) is 0 Å². The first-order chi connectivity index (χ1) is 9.28. The lowest BCUT2D eigenvalue weighted by atomic mass is 10.00. The zero-order chi connectivity index (χ0) is 13.5. The maximum absolute atomic E-state index is 12.0. The fourth-order valence-electron chi connectivity index (χ4n) is 3.25. The van der Waals surface area contributed by atoms with E-state index in [1.165, 1.54) is 25.7 Å². The Morgan fingerprint density at radius 3 is 2.53 bits per heavy atom. The number of hydrogen-bond donors (Lipinski definition) is 1. The van der Waals surface area contributed by atoms with Gasteiger partial charge in [0.2, 0.25) is 5.91 Å². The minimum absolute atomic E-state index is 0.124. The van der Waals surface area contributed by atoms with Crippen LogP contribution in [0.4, 0.5) is 0 Å². The monoisotopic (exact) mass is 266 g/mol. The number of rotatable bonds is 4. The van der Waals surface area contributed by atoms with Crippen LogP contribution >= 0.6 is 0 Å².